The first-order valence-electron chi connectivity index (χ1n) is 7.70. The van der Waals surface area contributed by atoms with Crippen molar-refractivity contribution in [2.75, 3.05) is 26.7 Å². The third kappa shape index (κ3) is 4.08. The molecule has 1 aliphatic rings. The maximum absolute atomic E-state index is 12.7. The number of hydrogen-bond acceptors (Lipinski definition) is 5. The second kappa shape index (κ2) is 8.28. The quantitative estimate of drug-likeness (QED) is 0.744. The van der Waals surface area contributed by atoms with Gasteiger partial charge in [0.05, 0.1) is 0 Å². The van der Waals surface area contributed by atoms with Crippen LogP contribution in [0.2, 0.25) is 0 Å². The summed E-state index contributed by atoms with van der Waals surface area (Å²) in [7, 11) is 0.745. The van der Waals surface area contributed by atoms with E-state index in [1.54, 1.807) is 0 Å². The third-order valence-corrected chi connectivity index (χ3v) is 6.29. The van der Waals surface area contributed by atoms with E-state index in [2.05, 4.69) is 5.32 Å². The first-order chi connectivity index (χ1) is 10.8. The number of piperidine rings is 1. The van der Waals surface area contributed by atoms with Gasteiger partial charge >= 0.3 is 5.69 Å². The first kappa shape index (κ1) is 20.9. The lowest BCUT2D eigenvalue weighted by Gasteiger charge is -2.31. The summed E-state index contributed by atoms with van der Waals surface area (Å²) < 4.78 is 28.8. The molecule has 10 heteroatoms. The van der Waals surface area contributed by atoms with Crippen molar-refractivity contribution < 1.29 is 8.42 Å². The van der Waals surface area contributed by atoms with Crippen LogP contribution >= 0.6 is 12.4 Å². The number of nitrogens with one attached hydrogen (secondary N) is 1. The van der Waals surface area contributed by atoms with Gasteiger partial charge in [-0.25, -0.2) is 13.2 Å². The molecule has 0 amide bonds. The van der Waals surface area contributed by atoms with Gasteiger partial charge in [-0.05, 0) is 38.8 Å². The summed E-state index contributed by atoms with van der Waals surface area (Å²) in [5.74, 6) is 0.497. The van der Waals surface area contributed by atoms with Crippen LogP contribution in [-0.2, 0) is 24.1 Å². The van der Waals surface area contributed by atoms with E-state index < -0.39 is 21.3 Å². The monoisotopic (exact) mass is 380 g/mol. The molecular weight excluding hydrogens is 356 g/mol. The van der Waals surface area contributed by atoms with E-state index in [1.165, 1.54) is 18.4 Å². The van der Waals surface area contributed by atoms with Gasteiger partial charge in [0.1, 0.15) is 0 Å². The van der Waals surface area contributed by atoms with Gasteiger partial charge in [-0.3, -0.25) is 9.36 Å². The molecule has 1 N–H and O–H groups in total. The smallest absolute Gasteiger partial charge is 0.320 e. The largest absolute Gasteiger partial charge is 0.330 e. The summed E-state index contributed by atoms with van der Waals surface area (Å²) in [5.41, 5.74) is -1.31. The van der Waals surface area contributed by atoms with Crippen molar-refractivity contribution in [3.8, 4) is 0 Å². The van der Waals surface area contributed by atoms with Crippen molar-refractivity contribution in [3.05, 3.63) is 27.0 Å². The van der Waals surface area contributed by atoms with Crippen molar-refractivity contribution in [2.45, 2.75) is 24.2 Å². The van der Waals surface area contributed by atoms with Crippen molar-refractivity contribution in [2.24, 2.45) is 20.0 Å². The Labute approximate surface area is 147 Å². The van der Waals surface area contributed by atoms with Crippen molar-refractivity contribution in [3.63, 3.8) is 0 Å². The van der Waals surface area contributed by atoms with Gasteiger partial charge in [0.25, 0.3) is 5.56 Å². The molecule has 1 aromatic heterocycles. The minimum Gasteiger partial charge on any atom is -0.320 e. The maximum Gasteiger partial charge on any atom is 0.330 e. The number of aryl methyl sites for hydroxylation is 1. The molecule has 1 aromatic rings. The van der Waals surface area contributed by atoms with Crippen LogP contribution in [0.15, 0.2) is 20.7 Å². The Morgan fingerprint density at radius 2 is 1.79 bits per heavy atom. The molecule has 0 saturated carbocycles. The van der Waals surface area contributed by atoms with Gasteiger partial charge in [0.2, 0.25) is 10.0 Å². The highest BCUT2D eigenvalue weighted by Crippen LogP contribution is 2.24. The van der Waals surface area contributed by atoms with Crippen LogP contribution in [0, 0.1) is 5.92 Å². The second-order valence-electron chi connectivity index (χ2n) is 5.99. The van der Waals surface area contributed by atoms with E-state index in [-0.39, 0.29) is 17.3 Å². The van der Waals surface area contributed by atoms with Crippen LogP contribution in [0.25, 0.3) is 0 Å². The van der Waals surface area contributed by atoms with Crippen LogP contribution in [-0.4, -0.2) is 48.5 Å². The van der Waals surface area contributed by atoms with Gasteiger partial charge < -0.3 is 9.88 Å². The van der Waals surface area contributed by atoms with Crippen LogP contribution in [0.4, 0.5) is 0 Å². The molecule has 1 saturated heterocycles. The molecule has 0 aromatic carbocycles. The molecular formula is C14H25ClN4O4S. The number of rotatable bonds is 5. The van der Waals surface area contributed by atoms with E-state index in [9.17, 15) is 18.0 Å². The normalized spacial score (nSPS) is 16.8. The van der Waals surface area contributed by atoms with Gasteiger partial charge in [-0.1, -0.05) is 0 Å². The summed E-state index contributed by atoms with van der Waals surface area (Å²) in [5, 5.41) is 3.10. The fourth-order valence-corrected chi connectivity index (χ4v) is 4.50. The standard InChI is InChI=1S/C14H24N4O4S.ClH/c1-15-7-4-11-5-8-18(9-6-11)23(21,22)12-10-16(2)14(20)17(3)13(12)19;/h10-11,15H,4-9H2,1-3H3;1H. The molecule has 0 spiro atoms. The number of aromatic nitrogens is 2. The van der Waals surface area contributed by atoms with E-state index in [0.717, 1.165) is 41.1 Å². The molecule has 0 bridgehead atoms. The fourth-order valence-electron chi connectivity index (χ4n) is 2.88. The number of nitrogens with zero attached hydrogens (tertiary/aromatic N) is 3. The molecule has 1 aliphatic heterocycles. The highest BCUT2D eigenvalue weighted by atomic mass is 35.5. The van der Waals surface area contributed by atoms with Crippen LogP contribution in [0.1, 0.15) is 19.3 Å². The first-order valence-corrected chi connectivity index (χ1v) is 9.14. The fraction of sp³-hybridized carbons (Fsp3) is 0.714. The van der Waals surface area contributed by atoms with E-state index >= 15 is 0 Å². The second-order valence-corrected chi connectivity index (χ2v) is 7.90. The lowest BCUT2D eigenvalue weighted by molar-refractivity contribution is 0.262. The lowest BCUT2D eigenvalue weighted by Crippen LogP contribution is -2.44. The summed E-state index contributed by atoms with van der Waals surface area (Å²) in [6.07, 6.45) is 3.71. The Morgan fingerprint density at radius 3 is 2.33 bits per heavy atom. The molecule has 1 fully saturated rings. The summed E-state index contributed by atoms with van der Waals surface area (Å²) in [4.78, 5) is 23.5. The predicted molar refractivity (Wildman–Crippen MR) is 94.2 cm³/mol. The predicted octanol–water partition coefficient (Wildman–Crippen LogP) is -0.484. The minimum absolute atomic E-state index is 0. The topological polar surface area (TPSA) is 93.4 Å². The highest BCUT2D eigenvalue weighted by molar-refractivity contribution is 7.89. The Kier molecular flexibility index (Phi) is 7.21. The lowest BCUT2D eigenvalue weighted by atomic mass is 9.95. The Hall–Kier alpha value is -1.16. The average molecular weight is 381 g/mol. The summed E-state index contributed by atoms with van der Waals surface area (Å²) >= 11 is 0. The third-order valence-electron chi connectivity index (χ3n) is 4.41. The highest BCUT2D eigenvalue weighted by Gasteiger charge is 2.32. The van der Waals surface area contributed by atoms with Gasteiger partial charge in [0.15, 0.2) is 4.90 Å². The molecule has 8 nitrogen and oxygen atoms in total. The Balaban J connectivity index is 0.00000288. The molecule has 2 rings (SSSR count). The zero-order chi connectivity index (χ0) is 17.2. The van der Waals surface area contributed by atoms with Gasteiger partial charge in [-0.15, -0.1) is 12.4 Å². The zero-order valence-electron chi connectivity index (χ0n) is 14.2. The number of sulfonamides is 1. The average Bonchev–Trinajstić information content (AvgIpc) is 2.54. The zero-order valence-corrected chi connectivity index (χ0v) is 15.8. The molecule has 24 heavy (non-hydrogen) atoms. The SMILES string of the molecule is CNCCC1CCN(S(=O)(=O)c2cn(C)c(=O)n(C)c2=O)CC1.Cl. The maximum atomic E-state index is 12.7. The van der Waals surface area contributed by atoms with Crippen LogP contribution in [0.5, 0.6) is 0 Å². The summed E-state index contributed by atoms with van der Waals surface area (Å²) in [6.45, 7) is 1.73. The van der Waals surface area contributed by atoms with Gasteiger partial charge in [-0.2, -0.15) is 4.31 Å². The molecule has 2 heterocycles. The number of hydrogen-bond donors (Lipinski definition) is 1. The molecule has 0 atom stereocenters. The molecule has 0 aliphatic carbocycles. The van der Waals surface area contributed by atoms with E-state index in [4.69, 9.17) is 0 Å². The van der Waals surface area contributed by atoms with Gasteiger partial charge in [0, 0.05) is 33.4 Å². The van der Waals surface area contributed by atoms with E-state index in [1.807, 2.05) is 7.05 Å². The Bertz CT molecular complexity index is 779. The number of halogens is 1. The van der Waals surface area contributed by atoms with Crippen molar-refractivity contribution >= 4 is 22.4 Å². The molecule has 0 unspecified atom stereocenters. The van der Waals surface area contributed by atoms with Crippen LogP contribution in [0.3, 0.4) is 0 Å². The molecule has 0 radical (unpaired) electrons. The molecule has 138 valence electrons. The Morgan fingerprint density at radius 1 is 1.21 bits per heavy atom. The van der Waals surface area contributed by atoms with Crippen molar-refractivity contribution in [1.29, 1.82) is 0 Å². The summed E-state index contributed by atoms with van der Waals surface area (Å²) in [6, 6.07) is 0. The van der Waals surface area contributed by atoms with E-state index in [0.29, 0.717) is 19.0 Å². The van der Waals surface area contributed by atoms with Crippen LogP contribution < -0.4 is 16.6 Å². The van der Waals surface area contributed by atoms with Crippen molar-refractivity contribution in [1.82, 2.24) is 18.8 Å². The minimum atomic E-state index is -3.87.